The summed E-state index contributed by atoms with van der Waals surface area (Å²) in [4.78, 5) is 37.4. The molecule has 3 heterocycles. The lowest BCUT2D eigenvalue weighted by atomic mass is 9.98. The first-order valence-electron chi connectivity index (χ1n) is 21.1. The third-order valence-corrected chi connectivity index (χ3v) is 15.9. The Morgan fingerprint density at radius 3 is 1.90 bits per heavy atom. The van der Waals surface area contributed by atoms with E-state index in [0.29, 0.717) is 12.8 Å². The maximum absolute atomic E-state index is 14.4. The third-order valence-electron chi connectivity index (χ3n) is 10.9. The van der Waals surface area contributed by atoms with Gasteiger partial charge < -0.3 is 24.4 Å². The van der Waals surface area contributed by atoms with Crippen molar-refractivity contribution in [2.24, 2.45) is 0 Å². The molecule has 3 atom stereocenters. The Morgan fingerprint density at radius 2 is 1.39 bits per heavy atom. The molecule has 0 bridgehead atoms. The van der Waals surface area contributed by atoms with Crippen molar-refractivity contribution in [2.75, 3.05) is 12.3 Å². The monoisotopic (exact) mass is 827 g/mol. The van der Waals surface area contributed by atoms with Crippen molar-refractivity contribution >= 4 is 47.6 Å². The predicted molar refractivity (Wildman–Crippen MR) is 231 cm³/mol. The van der Waals surface area contributed by atoms with Crippen LogP contribution in [0.15, 0.2) is 67.0 Å². The summed E-state index contributed by atoms with van der Waals surface area (Å²) in [6.45, 7) is 12.1. The number of unbranched alkanes of at least 4 members (excludes halogenated alkanes) is 9. The Labute approximate surface area is 350 Å². The summed E-state index contributed by atoms with van der Waals surface area (Å²) < 4.78 is 41.6. The molecule has 5 rings (SSSR count). The molecule has 13 heteroatoms. The normalized spacial score (nSPS) is 18.5. The van der Waals surface area contributed by atoms with Crippen molar-refractivity contribution in [1.29, 1.82) is 0 Å². The van der Waals surface area contributed by atoms with Gasteiger partial charge in [-0.25, -0.2) is 4.98 Å². The van der Waals surface area contributed by atoms with Gasteiger partial charge in [-0.15, -0.1) is 6.42 Å². The molecule has 1 aliphatic heterocycles. The number of ether oxygens (including phenoxy) is 3. The van der Waals surface area contributed by atoms with Gasteiger partial charge in [-0.1, -0.05) is 139 Å². The fraction of sp³-hybridized carbons (Fsp3) is 0.543. The highest BCUT2D eigenvalue weighted by atomic mass is 28.4. The largest absolute Gasteiger partial charge is 0.460 e. The van der Waals surface area contributed by atoms with Gasteiger partial charge in [-0.2, -0.15) is 14.4 Å². The molecule has 0 saturated carbocycles. The molecule has 0 aliphatic carbocycles. The van der Waals surface area contributed by atoms with Crippen LogP contribution in [-0.4, -0.2) is 63.7 Å². The van der Waals surface area contributed by atoms with E-state index in [1.54, 1.807) is 4.57 Å². The molecule has 2 N–H and O–H groups in total. The number of carbonyl (C=O) groups is 2. The highest BCUT2D eigenvalue weighted by molar-refractivity contribution is 6.99. The van der Waals surface area contributed by atoms with Crippen LogP contribution in [0.2, 0.25) is 5.04 Å². The standard InChI is InChI=1S/C46H62FN5O6Si/c1-8-46(32-55-59(45(5,6)7,34-25-19-17-20-26-34)35-27-21-18-22-28-35)36(31-37(57-46)52-33-49-40-41(48)50-43(47)51-42(40)52)56-38(53)29-23-15-13-11-9-10-12-14-16-24-30-39(54)58-44(2,3)4/h1,17-22,25-28,33,36-37H,9-16,23-24,29-32H2,2-7H3,(H2,48,50,51)/t36-,37+,46+/m0/s1. The molecule has 11 nitrogen and oxygen atoms in total. The number of hydrogen-bond acceptors (Lipinski definition) is 10. The number of terminal acetylenes is 1. The van der Waals surface area contributed by atoms with Crippen LogP contribution in [0, 0.1) is 18.4 Å². The quantitative estimate of drug-likeness (QED) is 0.0304. The van der Waals surface area contributed by atoms with Crippen molar-refractivity contribution < 1.29 is 32.6 Å². The molecule has 318 valence electrons. The molecule has 59 heavy (non-hydrogen) atoms. The van der Waals surface area contributed by atoms with Crippen LogP contribution >= 0.6 is 0 Å². The summed E-state index contributed by atoms with van der Waals surface area (Å²) in [6, 6.07) is 20.4. The van der Waals surface area contributed by atoms with E-state index in [9.17, 15) is 14.0 Å². The lowest BCUT2D eigenvalue weighted by Crippen LogP contribution is -2.68. The SMILES string of the molecule is C#C[C@]1(CO[Si](c2ccccc2)(c2ccccc2)C(C)(C)C)O[C@@H](n2cnc3c(N)nc(F)nc32)C[C@@H]1OC(=O)CCCCCCCCCCCCC(=O)OC(C)(C)C. The molecule has 1 saturated heterocycles. The summed E-state index contributed by atoms with van der Waals surface area (Å²) >= 11 is 0. The van der Waals surface area contributed by atoms with E-state index < -0.39 is 37.9 Å². The van der Waals surface area contributed by atoms with Gasteiger partial charge in [0, 0.05) is 19.3 Å². The number of imidazole rings is 1. The van der Waals surface area contributed by atoms with Gasteiger partial charge >= 0.3 is 18.0 Å². The molecule has 2 aromatic carbocycles. The Kier molecular flexibility index (Phi) is 15.5. The minimum atomic E-state index is -3.10. The van der Waals surface area contributed by atoms with E-state index in [4.69, 9.17) is 30.8 Å². The topological polar surface area (TPSA) is 141 Å². The lowest BCUT2D eigenvalue weighted by molar-refractivity contribution is -0.158. The summed E-state index contributed by atoms with van der Waals surface area (Å²) in [7, 11) is -3.10. The minimum Gasteiger partial charge on any atom is -0.460 e. The van der Waals surface area contributed by atoms with E-state index in [-0.39, 0.29) is 53.4 Å². The van der Waals surface area contributed by atoms with Crippen LogP contribution in [0.1, 0.15) is 131 Å². The van der Waals surface area contributed by atoms with E-state index in [1.807, 2.05) is 57.2 Å². The maximum atomic E-state index is 14.4. The first kappa shape index (κ1) is 45.4. The number of aromatic nitrogens is 4. The van der Waals surface area contributed by atoms with E-state index in [1.165, 1.54) is 6.33 Å². The highest BCUT2D eigenvalue weighted by Gasteiger charge is 2.56. The van der Waals surface area contributed by atoms with Crippen LogP contribution in [-0.2, 0) is 28.2 Å². The van der Waals surface area contributed by atoms with Gasteiger partial charge in [0.2, 0.25) is 0 Å². The van der Waals surface area contributed by atoms with Crippen LogP contribution in [0.4, 0.5) is 10.2 Å². The zero-order chi connectivity index (χ0) is 42.7. The van der Waals surface area contributed by atoms with E-state index in [2.05, 4.69) is 65.9 Å². The molecule has 1 aliphatic rings. The number of nitrogens with zero attached hydrogens (tertiary/aromatic N) is 4. The van der Waals surface area contributed by atoms with E-state index in [0.717, 1.165) is 68.2 Å². The van der Waals surface area contributed by atoms with Gasteiger partial charge in [0.25, 0.3) is 8.32 Å². The van der Waals surface area contributed by atoms with Gasteiger partial charge in [0.15, 0.2) is 22.6 Å². The number of esters is 2. The van der Waals surface area contributed by atoms with Crippen LogP contribution < -0.4 is 16.1 Å². The zero-order valence-electron chi connectivity index (χ0n) is 35.7. The lowest BCUT2D eigenvalue weighted by Gasteiger charge is -2.44. The average molecular weight is 828 g/mol. The number of hydrogen-bond donors (Lipinski definition) is 1. The van der Waals surface area contributed by atoms with Crippen LogP contribution in [0.3, 0.4) is 0 Å². The molecule has 2 aromatic heterocycles. The second kappa shape index (κ2) is 20.1. The summed E-state index contributed by atoms with van der Waals surface area (Å²) in [6.07, 6.45) is 16.1. The number of nitrogen functional groups attached to an aromatic ring is 1. The van der Waals surface area contributed by atoms with Crippen molar-refractivity contribution in [1.82, 2.24) is 19.5 Å². The molecule has 0 radical (unpaired) electrons. The van der Waals surface area contributed by atoms with Crippen LogP contribution in [0.5, 0.6) is 0 Å². The fourth-order valence-electron chi connectivity index (χ4n) is 8.01. The Bertz CT molecular complexity index is 1990. The third kappa shape index (κ3) is 11.6. The summed E-state index contributed by atoms with van der Waals surface area (Å²) in [5.41, 5.74) is 4.42. The molecule has 0 unspecified atom stereocenters. The number of benzene rings is 2. The highest BCUT2D eigenvalue weighted by Crippen LogP contribution is 2.43. The van der Waals surface area contributed by atoms with Gasteiger partial charge in [0.1, 0.15) is 17.9 Å². The summed E-state index contributed by atoms with van der Waals surface area (Å²) in [5, 5.41) is 1.77. The van der Waals surface area contributed by atoms with E-state index >= 15 is 0 Å². The van der Waals surface area contributed by atoms with Gasteiger partial charge in [-0.05, 0) is 49.0 Å². The second-order valence-corrected chi connectivity index (χ2v) is 21.9. The molecular weight excluding hydrogens is 766 g/mol. The number of rotatable bonds is 20. The first-order chi connectivity index (χ1) is 28.1. The smallest absolute Gasteiger partial charge is 0.312 e. The molecule has 0 amide bonds. The molecule has 4 aromatic rings. The second-order valence-electron chi connectivity index (χ2n) is 17.6. The van der Waals surface area contributed by atoms with Gasteiger partial charge in [0.05, 0.1) is 12.9 Å². The Balaban J connectivity index is 1.23. The zero-order valence-corrected chi connectivity index (χ0v) is 36.7. The minimum absolute atomic E-state index is 0.0763. The molecular formula is C46H62FN5O6Si. The Hall–Kier alpha value is -4.64. The van der Waals surface area contributed by atoms with Crippen molar-refractivity contribution in [2.45, 2.75) is 154 Å². The fourth-order valence-corrected chi connectivity index (χ4v) is 12.6. The number of halogens is 1. The number of carbonyl (C=O) groups excluding carboxylic acids is 2. The number of anilines is 1. The van der Waals surface area contributed by atoms with Gasteiger partial charge in [-0.3, -0.25) is 14.2 Å². The predicted octanol–water partition coefficient (Wildman–Crippen LogP) is 8.35. The maximum Gasteiger partial charge on any atom is 0.312 e. The molecule has 0 spiro atoms. The first-order valence-corrected chi connectivity index (χ1v) is 23.0. The van der Waals surface area contributed by atoms with Crippen molar-refractivity contribution in [3.63, 3.8) is 0 Å². The number of nitrogens with two attached hydrogens (primary N) is 1. The van der Waals surface area contributed by atoms with Crippen molar-refractivity contribution in [3.8, 4) is 12.3 Å². The van der Waals surface area contributed by atoms with Crippen LogP contribution in [0.25, 0.3) is 11.2 Å². The van der Waals surface area contributed by atoms with Crippen molar-refractivity contribution in [3.05, 3.63) is 73.1 Å². The average Bonchev–Trinajstić information content (AvgIpc) is 3.77. The Morgan fingerprint density at radius 1 is 0.864 bits per heavy atom. The summed E-state index contributed by atoms with van der Waals surface area (Å²) in [5.74, 6) is 2.26. The number of fused-ring (bicyclic) bond motifs is 1. The molecule has 1 fully saturated rings.